The van der Waals surface area contributed by atoms with Crippen LogP contribution in [0, 0.1) is 0 Å². The summed E-state index contributed by atoms with van der Waals surface area (Å²) in [7, 11) is 0. The molecule has 1 rings (SSSR count). The van der Waals surface area contributed by atoms with Crippen LogP contribution in [-0.2, 0) is 0 Å². The van der Waals surface area contributed by atoms with Crippen molar-refractivity contribution in [3.05, 3.63) is 12.3 Å². The molecule has 1 unspecified atom stereocenters. The van der Waals surface area contributed by atoms with Gasteiger partial charge in [0.2, 0.25) is 0 Å². The number of hydrogen-bond acceptors (Lipinski definition) is 2. The van der Waals surface area contributed by atoms with Gasteiger partial charge in [0, 0.05) is 0 Å². The topological polar surface area (TPSA) is 24.1 Å². The average Bonchev–Trinajstić information content (AvgIpc) is 1.65. The van der Waals surface area contributed by atoms with E-state index in [4.69, 9.17) is 11.6 Å². The van der Waals surface area contributed by atoms with E-state index in [0.717, 1.165) is 0 Å². The summed E-state index contributed by atoms with van der Waals surface area (Å²) in [4.78, 5) is 0. The second kappa shape index (κ2) is 1.91. The highest BCUT2D eigenvalue weighted by Crippen LogP contribution is 2.14. The predicted octanol–water partition coefficient (Wildman–Crippen LogP) is 0.513. The van der Waals surface area contributed by atoms with Gasteiger partial charge in [-0.2, -0.15) is 0 Å². The smallest absolute Gasteiger partial charge is 0.258 e. The molecule has 2 N–H and O–H groups in total. The third kappa shape index (κ3) is 1.35. The number of hydrogen-bond donors (Lipinski definition) is 2. The van der Waals surface area contributed by atoms with Crippen LogP contribution in [-0.4, -0.2) is 11.9 Å². The molecular formula is C4H6ClFN2. The maximum Gasteiger partial charge on any atom is 0.258 e. The zero-order chi connectivity index (χ0) is 6.04. The highest BCUT2D eigenvalue weighted by atomic mass is 35.5. The molecule has 0 saturated carbocycles. The van der Waals surface area contributed by atoms with Crippen LogP contribution in [0.25, 0.3) is 0 Å². The lowest BCUT2D eigenvalue weighted by atomic mass is 10.5. The summed E-state index contributed by atoms with van der Waals surface area (Å²) in [6, 6.07) is 0. The van der Waals surface area contributed by atoms with Crippen LogP contribution >= 0.6 is 11.6 Å². The lowest BCUT2D eigenvalue weighted by Crippen LogP contribution is -2.42. The summed E-state index contributed by atoms with van der Waals surface area (Å²) < 4.78 is 12.4. The first kappa shape index (κ1) is 5.85. The number of rotatable bonds is 0. The Labute approximate surface area is 51.7 Å². The summed E-state index contributed by atoms with van der Waals surface area (Å²) in [5, 5.41) is 3.24. The Hall–Kier alpha value is -0.280. The molecule has 4 heteroatoms. The summed E-state index contributed by atoms with van der Waals surface area (Å²) in [5.41, 5.74) is 0. The van der Waals surface area contributed by atoms with E-state index in [2.05, 4.69) is 10.6 Å². The van der Waals surface area contributed by atoms with Crippen LogP contribution in [0.2, 0.25) is 0 Å². The van der Waals surface area contributed by atoms with Crippen LogP contribution in [0.1, 0.15) is 0 Å². The first-order valence-corrected chi connectivity index (χ1v) is 2.62. The first-order valence-electron chi connectivity index (χ1n) is 2.25. The molecule has 1 atom stereocenters. The maximum atomic E-state index is 12.4. The van der Waals surface area contributed by atoms with E-state index in [1.807, 2.05) is 0 Å². The second-order valence-electron chi connectivity index (χ2n) is 1.51. The van der Waals surface area contributed by atoms with Crippen molar-refractivity contribution in [2.24, 2.45) is 0 Å². The van der Waals surface area contributed by atoms with Gasteiger partial charge in [-0.05, 0) is 12.3 Å². The fourth-order valence-electron chi connectivity index (χ4n) is 0.450. The minimum atomic E-state index is -1.84. The molecule has 0 aromatic carbocycles. The molecule has 1 heterocycles. The maximum absolute atomic E-state index is 12.4. The quantitative estimate of drug-likeness (QED) is 0.375. The standard InChI is InChI=1S/C4H6ClFN2/c5-4(6)1-2-7-3-8-4/h1-2,7-8H,3H2. The van der Waals surface area contributed by atoms with Crippen molar-refractivity contribution in [2.75, 3.05) is 6.67 Å². The summed E-state index contributed by atoms with van der Waals surface area (Å²) in [5.74, 6) is 0. The molecule has 46 valence electrons. The van der Waals surface area contributed by atoms with Crippen molar-refractivity contribution in [1.29, 1.82) is 0 Å². The highest BCUT2D eigenvalue weighted by Gasteiger charge is 2.22. The third-order valence-corrected chi connectivity index (χ3v) is 1.10. The molecule has 2 nitrogen and oxygen atoms in total. The Balaban J connectivity index is 2.56. The largest absolute Gasteiger partial charge is 0.378 e. The monoisotopic (exact) mass is 136 g/mol. The molecule has 0 spiro atoms. The van der Waals surface area contributed by atoms with Crippen molar-refractivity contribution in [1.82, 2.24) is 10.6 Å². The summed E-state index contributed by atoms with van der Waals surface area (Å²) in [6.45, 7) is 0.372. The molecule has 0 aliphatic carbocycles. The minimum absolute atomic E-state index is 0.372. The third-order valence-electron chi connectivity index (χ3n) is 0.837. The van der Waals surface area contributed by atoms with E-state index >= 15 is 0 Å². The average molecular weight is 137 g/mol. The first-order chi connectivity index (χ1) is 3.71. The highest BCUT2D eigenvalue weighted by molar-refractivity contribution is 6.23. The fourth-order valence-corrected chi connectivity index (χ4v) is 0.580. The molecule has 0 aromatic heterocycles. The molecule has 1 aliphatic rings. The zero-order valence-electron chi connectivity index (χ0n) is 4.12. The summed E-state index contributed by atoms with van der Waals surface area (Å²) in [6.07, 6.45) is 2.68. The van der Waals surface area contributed by atoms with E-state index in [1.54, 1.807) is 0 Å². The molecule has 0 bridgehead atoms. The fraction of sp³-hybridized carbons (Fsp3) is 0.500. The molecule has 1 aliphatic heterocycles. The molecule has 0 saturated heterocycles. The number of alkyl halides is 2. The van der Waals surface area contributed by atoms with Crippen LogP contribution in [0.4, 0.5) is 4.39 Å². The van der Waals surface area contributed by atoms with Gasteiger partial charge in [0.15, 0.2) is 0 Å². The van der Waals surface area contributed by atoms with E-state index in [1.165, 1.54) is 12.3 Å². The Morgan fingerprint density at radius 3 is 2.75 bits per heavy atom. The van der Waals surface area contributed by atoms with Gasteiger partial charge in [-0.15, -0.1) is 0 Å². The normalized spacial score (nSPS) is 36.8. The predicted molar refractivity (Wildman–Crippen MR) is 30.0 cm³/mol. The van der Waals surface area contributed by atoms with Gasteiger partial charge in [-0.25, -0.2) is 4.39 Å². The molecule has 0 amide bonds. The van der Waals surface area contributed by atoms with Gasteiger partial charge >= 0.3 is 0 Å². The van der Waals surface area contributed by atoms with Crippen molar-refractivity contribution < 1.29 is 4.39 Å². The van der Waals surface area contributed by atoms with Crippen molar-refractivity contribution in [3.63, 3.8) is 0 Å². The molecule has 0 fully saturated rings. The lowest BCUT2D eigenvalue weighted by molar-refractivity contribution is 0.268. The molecular weight excluding hydrogens is 131 g/mol. The van der Waals surface area contributed by atoms with Gasteiger partial charge in [0.1, 0.15) is 0 Å². The lowest BCUT2D eigenvalue weighted by Gasteiger charge is -2.19. The Bertz CT molecular complexity index is 113. The van der Waals surface area contributed by atoms with Gasteiger partial charge < -0.3 is 5.32 Å². The van der Waals surface area contributed by atoms with Crippen LogP contribution in [0.3, 0.4) is 0 Å². The Morgan fingerprint density at radius 1 is 1.75 bits per heavy atom. The van der Waals surface area contributed by atoms with Crippen LogP contribution in [0.15, 0.2) is 12.3 Å². The number of halogens is 2. The van der Waals surface area contributed by atoms with Gasteiger partial charge in [-0.1, -0.05) is 11.6 Å². The van der Waals surface area contributed by atoms with Gasteiger partial charge in [-0.3, -0.25) is 5.32 Å². The minimum Gasteiger partial charge on any atom is -0.378 e. The van der Waals surface area contributed by atoms with Gasteiger partial charge in [0.25, 0.3) is 5.25 Å². The summed E-state index contributed by atoms with van der Waals surface area (Å²) >= 11 is 5.17. The zero-order valence-corrected chi connectivity index (χ0v) is 4.87. The van der Waals surface area contributed by atoms with Crippen LogP contribution < -0.4 is 10.6 Å². The van der Waals surface area contributed by atoms with E-state index in [9.17, 15) is 4.39 Å². The number of nitrogens with one attached hydrogen (secondary N) is 2. The molecule has 0 aromatic rings. The second-order valence-corrected chi connectivity index (χ2v) is 2.06. The molecule has 0 radical (unpaired) electrons. The van der Waals surface area contributed by atoms with E-state index < -0.39 is 5.25 Å². The van der Waals surface area contributed by atoms with E-state index in [0.29, 0.717) is 6.67 Å². The van der Waals surface area contributed by atoms with Crippen molar-refractivity contribution in [3.8, 4) is 0 Å². The van der Waals surface area contributed by atoms with Crippen LogP contribution in [0.5, 0.6) is 0 Å². The van der Waals surface area contributed by atoms with E-state index in [-0.39, 0.29) is 0 Å². The van der Waals surface area contributed by atoms with Gasteiger partial charge in [0.05, 0.1) is 6.67 Å². The Morgan fingerprint density at radius 2 is 2.50 bits per heavy atom. The van der Waals surface area contributed by atoms with Crippen molar-refractivity contribution in [2.45, 2.75) is 5.25 Å². The molecule has 8 heavy (non-hydrogen) atoms. The SMILES string of the molecule is FC1(Cl)C=CNCN1. The van der Waals surface area contributed by atoms with Crippen molar-refractivity contribution >= 4 is 11.6 Å². The Kier molecular flexibility index (Phi) is 1.40.